The maximum atomic E-state index is 15.6. The number of carboxylic acid groups (broad SMARTS) is 4. The third-order valence-electron chi connectivity index (χ3n) is 17.2. The zero-order valence-corrected chi connectivity index (χ0v) is 61.3. The molecule has 2 aromatic heterocycles. The van der Waals surface area contributed by atoms with Crippen LogP contribution < -0.4 is 59.7 Å². The van der Waals surface area contributed by atoms with Crippen molar-refractivity contribution in [3.8, 4) is 0 Å². The SMILES string of the molecule is CSCC[C@H](NC(=O)[C@H](CC(C)C)NC(=O)[C@H](Cc1cnc[nH]1)NC(=O)CNC(=O)[C@@H](NC(=O)[C@H](C)NC(=O)[C@H](Cc1c[nH]c2ccccc12)NC(=O)[C@H]([C@@H](CC(N)=O)NC(=O)CN1CCN(CC(=O)O)CCN(CC(=O)O)CCN(CC(=O)O)CC1)N(C(=O)CN)C(=O)c1ccc(N)cc1)C(C)C)C(=O)O. The summed E-state index contributed by atoms with van der Waals surface area (Å²) in [5.41, 5.74) is 19.1. The number of rotatable bonds is 40. The summed E-state index contributed by atoms with van der Waals surface area (Å²) >= 11 is 1.38. The number of nitrogens with one attached hydrogen (secondary N) is 10. The van der Waals surface area contributed by atoms with E-state index in [4.69, 9.17) is 17.2 Å². The van der Waals surface area contributed by atoms with E-state index < -0.39 is 195 Å². The average Bonchev–Trinajstić information content (AvgIpc) is 1.41. The minimum Gasteiger partial charge on any atom is -0.480 e. The standard InChI is InChI=1S/C68H99N19O19S/c1-38(2)25-49(63(100)79-47(68(105)106)15-24-107-6)80-64(101)51(27-44-31-72-37-75-44)78-53(89)32-74-65(102)59(39(3)4)82-61(98)40(5)76-62(99)50(26-42-30-73-46-10-8-7-9-45(42)46)81-66(103)60(87(55(91)29-69)67(104)41-11-13-43(70)14-12-41)48(28-52(71)88)77-54(90)33-83-16-18-84(34-56(92)93)20-22-86(36-58(96)97)23-21-85(19-17-83)35-57(94)95/h7-14,30-31,37-40,47-51,59-60,73H,15-29,32-36,69-70H2,1-6H3,(H2,71,88)(H,72,75)(H,74,102)(H,76,99)(H,77,90)(H,78,89)(H,79,100)(H,80,101)(H,81,103)(H,82,98)(H,92,93)(H,94,95)(H,96,97)(H,105,106)/t40-,47-,48+,49-,50-,51-,59-,60-/m0/s1. The summed E-state index contributed by atoms with van der Waals surface area (Å²) in [6, 6.07) is -1.01. The van der Waals surface area contributed by atoms with Gasteiger partial charge in [-0.1, -0.05) is 45.9 Å². The number of anilines is 1. The second-order valence-electron chi connectivity index (χ2n) is 26.5. The van der Waals surface area contributed by atoms with Crippen molar-refractivity contribution in [1.82, 2.24) is 82.0 Å². The molecule has 8 atom stereocenters. The number of hydrogen-bond acceptors (Lipinski definition) is 23. The molecule has 39 heteroatoms. The van der Waals surface area contributed by atoms with Gasteiger partial charge in [0.05, 0.1) is 51.6 Å². The molecule has 0 saturated carbocycles. The van der Waals surface area contributed by atoms with E-state index in [0.29, 0.717) is 32.8 Å². The van der Waals surface area contributed by atoms with Crippen LogP contribution in [0.3, 0.4) is 0 Å². The summed E-state index contributed by atoms with van der Waals surface area (Å²) in [7, 11) is 0. The van der Waals surface area contributed by atoms with Gasteiger partial charge in [0.1, 0.15) is 42.3 Å². The Balaban J connectivity index is 1.45. The number of nitrogens with zero attached hydrogens (tertiary/aromatic N) is 6. The Labute approximate surface area is 620 Å². The van der Waals surface area contributed by atoms with Gasteiger partial charge in [-0.15, -0.1) is 0 Å². The first kappa shape index (κ1) is 87.0. The van der Waals surface area contributed by atoms with Crippen molar-refractivity contribution in [3.63, 3.8) is 0 Å². The second-order valence-corrected chi connectivity index (χ2v) is 27.5. The zero-order chi connectivity index (χ0) is 79.2. The van der Waals surface area contributed by atoms with E-state index in [1.807, 2.05) is 0 Å². The molecule has 11 amide bonds. The van der Waals surface area contributed by atoms with Crippen molar-refractivity contribution in [2.75, 3.05) is 109 Å². The fourth-order valence-corrected chi connectivity index (χ4v) is 12.2. The number of aromatic amines is 2. The number of imidazole rings is 1. The third kappa shape index (κ3) is 29.0. The molecule has 2 aromatic carbocycles. The minimum atomic E-state index is -2.31. The van der Waals surface area contributed by atoms with Crippen molar-refractivity contribution < 1.29 is 92.3 Å². The highest BCUT2D eigenvalue weighted by Crippen LogP contribution is 2.22. The second kappa shape index (κ2) is 43.1. The molecule has 20 N–H and O–H groups in total. The Morgan fingerprint density at radius 2 is 1.13 bits per heavy atom. The molecule has 1 fully saturated rings. The van der Waals surface area contributed by atoms with Gasteiger partial charge in [0, 0.05) is 112 Å². The Morgan fingerprint density at radius 1 is 0.598 bits per heavy atom. The number of aromatic nitrogens is 3. The summed E-state index contributed by atoms with van der Waals surface area (Å²) in [6.07, 6.45) is 4.67. The Morgan fingerprint density at radius 3 is 1.64 bits per heavy atom. The first-order valence-electron chi connectivity index (χ1n) is 34.5. The lowest BCUT2D eigenvalue weighted by molar-refractivity contribution is -0.142. The number of benzene rings is 2. The van der Waals surface area contributed by atoms with Crippen LogP contribution >= 0.6 is 11.8 Å². The van der Waals surface area contributed by atoms with Crippen LogP contribution in [0.5, 0.6) is 0 Å². The number of nitrogens with two attached hydrogens (primary N) is 3. The number of thioether (sulfide) groups is 1. The summed E-state index contributed by atoms with van der Waals surface area (Å²) < 4.78 is 0. The van der Waals surface area contributed by atoms with E-state index in [-0.39, 0.29) is 88.8 Å². The van der Waals surface area contributed by atoms with Gasteiger partial charge < -0.3 is 90.1 Å². The van der Waals surface area contributed by atoms with Gasteiger partial charge in [-0.2, -0.15) is 11.8 Å². The summed E-state index contributed by atoms with van der Waals surface area (Å²) in [5, 5.41) is 60.1. The fourth-order valence-electron chi connectivity index (χ4n) is 11.7. The number of imide groups is 1. The highest BCUT2D eigenvalue weighted by molar-refractivity contribution is 7.98. The largest absolute Gasteiger partial charge is 0.480 e. The van der Waals surface area contributed by atoms with Gasteiger partial charge in [0.2, 0.25) is 59.1 Å². The van der Waals surface area contributed by atoms with E-state index in [9.17, 15) is 87.5 Å². The number of nitrogen functional groups attached to an aromatic ring is 1. The monoisotopic (exact) mass is 1520 g/mol. The van der Waals surface area contributed by atoms with Crippen LogP contribution in [0.2, 0.25) is 0 Å². The Kier molecular flexibility index (Phi) is 35.1. The quantitative estimate of drug-likeness (QED) is 0.0187. The predicted octanol–water partition coefficient (Wildman–Crippen LogP) is -4.32. The lowest BCUT2D eigenvalue weighted by Gasteiger charge is -2.36. The van der Waals surface area contributed by atoms with Gasteiger partial charge in [-0.3, -0.25) is 91.6 Å². The van der Waals surface area contributed by atoms with Crippen LogP contribution in [0, 0.1) is 11.8 Å². The molecule has 5 rings (SSSR count). The molecule has 1 saturated heterocycles. The molecule has 0 unspecified atom stereocenters. The normalized spacial score (nSPS) is 15.7. The third-order valence-corrected chi connectivity index (χ3v) is 17.9. The van der Waals surface area contributed by atoms with Crippen molar-refractivity contribution in [2.45, 2.75) is 115 Å². The molecule has 0 bridgehead atoms. The Hall–Kier alpha value is -10.6. The molecule has 3 heterocycles. The van der Waals surface area contributed by atoms with Crippen LogP contribution in [0.1, 0.15) is 75.5 Å². The van der Waals surface area contributed by atoms with Crippen molar-refractivity contribution >= 4 is 117 Å². The number of hydrogen-bond donors (Lipinski definition) is 17. The molecule has 0 radical (unpaired) electrons. The summed E-state index contributed by atoms with van der Waals surface area (Å²) in [6.45, 7) is 4.12. The molecule has 107 heavy (non-hydrogen) atoms. The molecular weight excluding hydrogens is 1420 g/mol. The van der Waals surface area contributed by atoms with Crippen LogP contribution in [-0.2, 0) is 80.0 Å². The van der Waals surface area contributed by atoms with Crippen LogP contribution in [0.4, 0.5) is 5.69 Å². The first-order valence-corrected chi connectivity index (χ1v) is 35.9. The van der Waals surface area contributed by atoms with Crippen molar-refractivity contribution in [3.05, 3.63) is 84.1 Å². The number of carbonyl (C=O) groups is 15. The van der Waals surface area contributed by atoms with Crippen LogP contribution in [-0.4, -0.2) is 301 Å². The minimum absolute atomic E-state index is 0.0323. The number of carbonyl (C=O) groups excluding carboxylic acids is 11. The lowest BCUT2D eigenvalue weighted by Crippen LogP contribution is -2.65. The number of aliphatic carboxylic acids is 4. The number of para-hydroxylation sites is 1. The van der Waals surface area contributed by atoms with Gasteiger partial charge in [0.25, 0.3) is 5.91 Å². The highest BCUT2D eigenvalue weighted by Gasteiger charge is 2.44. The van der Waals surface area contributed by atoms with Gasteiger partial charge in [-0.05, 0) is 79.5 Å². The average molecular weight is 1520 g/mol. The van der Waals surface area contributed by atoms with E-state index in [0.717, 1.165) is 0 Å². The van der Waals surface area contributed by atoms with E-state index in [1.54, 1.807) is 58.2 Å². The Bertz CT molecular complexity index is 3720. The highest BCUT2D eigenvalue weighted by atomic mass is 32.2. The van der Waals surface area contributed by atoms with E-state index in [2.05, 4.69) is 57.5 Å². The number of amides is 11. The summed E-state index contributed by atoms with van der Waals surface area (Å²) in [4.78, 5) is 222. The zero-order valence-electron chi connectivity index (χ0n) is 60.5. The molecule has 0 aliphatic carbocycles. The number of primary amides is 1. The summed E-state index contributed by atoms with van der Waals surface area (Å²) in [5.74, 6) is -16.7. The lowest BCUT2D eigenvalue weighted by atomic mass is 9.97. The first-order chi connectivity index (χ1) is 50.7. The van der Waals surface area contributed by atoms with Gasteiger partial charge >= 0.3 is 23.9 Å². The topological polar surface area (TPSA) is 572 Å². The molecule has 4 aromatic rings. The maximum absolute atomic E-state index is 15.6. The molecule has 586 valence electrons. The van der Waals surface area contributed by atoms with Crippen LogP contribution in [0.25, 0.3) is 10.9 Å². The fraction of sp³-hybridized carbons (Fsp3) is 0.529. The van der Waals surface area contributed by atoms with Gasteiger partial charge in [-0.25, -0.2) is 9.78 Å². The molecule has 0 spiro atoms. The van der Waals surface area contributed by atoms with Gasteiger partial charge in [0.15, 0.2) is 0 Å². The van der Waals surface area contributed by atoms with Crippen molar-refractivity contribution in [2.24, 2.45) is 23.3 Å². The molecule has 38 nitrogen and oxygen atoms in total. The number of H-pyrrole nitrogens is 2. The smallest absolute Gasteiger partial charge is 0.326 e. The van der Waals surface area contributed by atoms with E-state index >= 15 is 4.79 Å². The van der Waals surface area contributed by atoms with Crippen molar-refractivity contribution in [1.29, 1.82) is 0 Å². The van der Waals surface area contributed by atoms with E-state index in [1.165, 1.54) is 81.3 Å². The molecule has 1 aliphatic heterocycles. The number of fused-ring (bicyclic) bond motifs is 1. The van der Waals surface area contributed by atoms with Crippen LogP contribution in [0.15, 0.2) is 67.3 Å². The predicted molar refractivity (Wildman–Crippen MR) is 389 cm³/mol. The maximum Gasteiger partial charge on any atom is 0.326 e. The molecule has 1 aliphatic rings. The molecular formula is C68H99N19O19S. The number of carboxylic acids is 4.